The van der Waals surface area contributed by atoms with Crippen molar-refractivity contribution < 1.29 is 18.6 Å². The molecule has 0 radical (unpaired) electrons. The summed E-state index contributed by atoms with van der Waals surface area (Å²) in [6.07, 6.45) is 6.93. The third-order valence-electron chi connectivity index (χ3n) is 6.05. The van der Waals surface area contributed by atoms with Crippen LogP contribution in [0.2, 0.25) is 0 Å². The Hall–Kier alpha value is -3.51. The molecule has 182 valence electrons. The molecule has 7 nitrogen and oxygen atoms in total. The first-order chi connectivity index (χ1) is 17.1. The zero-order valence-corrected chi connectivity index (χ0v) is 20.8. The Morgan fingerprint density at radius 2 is 1.69 bits per heavy atom. The van der Waals surface area contributed by atoms with Crippen molar-refractivity contribution in [2.24, 2.45) is 0 Å². The molecule has 0 amide bonds. The van der Waals surface area contributed by atoms with Crippen LogP contribution >= 0.6 is 11.8 Å². The van der Waals surface area contributed by atoms with Crippen molar-refractivity contribution in [1.29, 1.82) is 5.26 Å². The average molecular weight is 495 g/mol. The van der Waals surface area contributed by atoms with Crippen LogP contribution in [0.25, 0.3) is 16.3 Å². The largest absolute Gasteiger partial charge is 0.493 e. The van der Waals surface area contributed by atoms with E-state index in [1.165, 1.54) is 36.4 Å². The Kier molecular flexibility index (Phi) is 7.93. The van der Waals surface area contributed by atoms with E-state index < -0.39 is 0 Å². The number of halogens is 1. The van der Waals surface area contributed by atoms with E-state index in [2.05, 4.69) is 20.8 Å². The van der Waals surface area contributed by atoms with Crippen LogP contribution in [0.3, 0.4) is 0 Å². The monoisotopic (exact) mass is 494 g/mol. The molecular weight excluding hydrogens is 467 g/mol. The van der Waals surface area contributed by atoms with Crippen LogP contribution < -0.4 is 14.2 Å². The van der Waals surface area contributed by atoms with Crippen LogP contribution in [0.15, 0.2) is 47.6 Å². The zero-order valence-electron chi connectivity index (χ0n) is 20.0. The lowest BCUT2D eigenvalue weighted by Crippen LogP contribution is -2.15. The molecule has 35 heavy (non-hydrogen) atoms. The summed E-state index contributed by atoms with van der Waals surface area (Å²) >= 11 is 1.35. The van der Waals surface area contributed by atoms with Gasteiger partial charge in [-0.2, -0.15) is 5.26 Å². The highest BCUT2D eigenvalue weighted by Crippen LogP contribution is 2.44. The fourth-order valence-corrected chi connectivity index (χ4v) is 5.34. The van der Waals surface area contributed by atoms with E-state index in [1.807, 2.05) is 12.1 Å². The van der Waals surface area contributed by atoms with E-state index in [0.29, 0.717) is 33.1 Å². The lowest BCUT2D eigenvalue weighted by Gasteiger charge is -2.26. The third kappa shape index (κ3) is 5.28. The van der Waals surface area contributed by atoms with Gasteiger partial charge in [-0.3, -0.25) is 4.57 Å². The molecule has 1 saturated carbocycles. The summed E-state index contributed by atoms with van der Waals surface area (Å²) in [6, 6.07) is 12.1. The van der Waals surface area contributed by atoms with Crippen molar-refractivity contribution in [2.75, 3.05) is 21.3 Å². The predicted molar refractivity (Wildman–Crippen MR) is 133 cm³/mol. The van der Waals surface area contributed by atoms with Gasteiger partial charge in [0.1, 0.15) is 5.82 Å². The maximum absolute atomic E-state index is 13.5. The number of benzene rings is 2. The maximum Gasteiger partial charge on any atom is 0.203 e. The Bertz CT molecular complexity index is 1220. The summed E-state index contributed by atoms with van der Waals surface area (Å²) in [7, 11) is 4.73. The SMILES string of the molecule is COc1cc(-c2nnc(S/C(=C\C#N)c3ccc(F)cc3)n2C2CCCCC2)cc(OC)c1OC. The standard InChI is InChI=1S/C26H27FN4O3S/c1-32-21-15-18(16-22(33-2)24(21)34-3)25-29-30-26(31(25)20-7-5-4-6-8-20)35-23(13-14-28)17-9-11-19(27)12-10-17/h9-13,15-16,20H,4-8H2,1-3H3/b23-13-. The van der Waals surface area contributed by atoms with E-state index in [0.717, 1.165) is 36.8 Å². The molecule has 0 aliphatic heterocycles. The Labute approximate surface area is 208 Å². The minimum atomic E-state index is -0.329. The molecule has 4 rings (SSSR count). The Balaban J connectivity index is 1.82. The summed E-state index contributed by atoms with van der Waals surface area (Å²) in [4.78, 5) is 0.674. The normalized spacial score (nSPS) is 14.4. The number of allylic oxidation sites excluding steroid dienone is 1. The van der Waals surface area contributed by atoms with Crippen LogP contribution in [-0.4, -0.2) is 36.1 Å². The van der Waals surface area contributed by atoms with Gasteiger partial charge in [-0.05, 0) is 54.4 Å². The van der Waals surface area contributed by atoms with Gasteiger partial charge in [0.2, 0.25) is 5.75 Å². The van der Waals surface area contributed by atoms with Gasteiger partial charge in [0.15, 0.2) is 22.5 Å². The van der Waals surface area contributed by atoms with Crippen LogP contribution in [0.1, 0.15) is 43.7 Å². The van der Waals surface area contributed by atoms with E-state index in [4.69, 9.17) is 14.2 Å². The molecule has 0 saturated heterocycles. The maximum atomic E-state index is 13.5. The van der Waals surface area contributed by atoms with Crippen LogP contribution in [0.5, 0.6) is 17.2 Å². The molecule has 1 aromatic heterocycles. The summed E-state index contributed by atoms with van der Waals surface area (Å²) < 4.78 is 32.2. The number of nitrogens with zero attached hydrogens (tertiary/aromatic N) is 4. The van der Waals surface area contributed by atoms with E-state index in [1.54, 1.807) is 33.5 Å². The second-order valence-corrected chi connectivity index (χ2v) is 9.14. The molecule has 0 atom stereocenters. The van der Waals surface area contributed by atoms with Crippen LogP contribution in [0, 0.1) is 17.1 Å². The van der Waals surface area contributed by atoms with Crippen molar-refractivity contribution in [2.45, 2.75) is 43.3 Å². The summed E-state index contributed by atoms with van der Waals surface area (Å²) in [5, 5.41) is 19.2. The smallest absolute Gasteiger partial charge is 0.203 e. The lowest BCUT2D eigenvalue weighted by atomic mass is 9.95. The third-order valence-corrected chi connectivity index (χ3v) is 7.09. The Morgan fingerprint density at radius 3 is 2.26 bits per heavy atom. The number of ether oxygens (including phenoxy) is 3. The molecule has 1 heterocycles. The van der Waals surface area contributed by atoms with Gasteiger partial charge in [-0.1, -0.05) is 31.4 Å². The molecule has 1 aliphatic carbocycles. The fraction of sp³-hybridized carbons (Fsp3) is 0.346. The molecule has 0 unspecified atom stereocenters. The van der Waals surface area contributed by atoms with Crippen molar-refractivity contribution in [3.63, 3.8) is 0 Å². The molecule has 3 aromatic rings. The van der Waals surface area contributed by atoms with Crippen molar-refractivity contribution in [3.05, 3.63) is 53.9 Å². The second kappa shape index (κ2) is 11.3. The number of nitriles is 1. The molecule has 0 spiro atoms. The van der Waals surface area contributed by atoms with Crippen LogP contribution in [0.4, 0.5) is 4.39 Å². The summed E-state index contributed by atoms with van der Waals surface area (Å²) in [6.45, 7) is 0. The molecule has 2 aromatic carbocycles. The van der Waals surface area contributed by atoms with Crippen molar-refractivity contribution in [1.82, 2.24) is 14.8 Å². The molecule has 0 bridgehead atoms. The topological polar surface area (TPSA) is 82.2 Å². The van der Waals surface area contributed by atoms with Gasteiger partial charge < -0.3 is 14.2 Å². The highest BCUT2D eigenvalue weighted by molar-refractivity contribution is 8.08. The first-order valence-corrected chi connectivity index (χ1v) is 12.2. The number of rotatable bonds is 8. The number of thioether (sulfide) groups is 1. The quantitative estimate of drug-likeness (QED) is 0.269. The van der Waals surface area contributed by atoms with Gasteiger partial charge >= 0.3 is 0 Å². The van der Waals surface area contributed by atoms with Gasteiger partial charge in [0, 0.05) is 22.6 Å². The predicted octanol–water partition coefficient (Wildman–Crippen LogP) is 6.27. The van der Waals surface area contributed by atoms with Gasteiger partial charge in [0.05, 0.1) is 27.4 Å². The van der Waals surface area contributed by atoms with Gasteiger partial charge in [-0.15, -0.1) is 10.2 Å². The summed E-state index contributed by atoms with van der Waals surface area (Å²) in [5.74, 6) is 1.93. The highest BCUT2D eigenvalue weighted by atomic mass is 32.2. The minimum Gasteiger partial charge on any atom is -0.493 e. The molecule has 1 fully saturated rings. The molecular formula is C26H27FN4O3S. The van der Waals surface area contributed by atoms with Gasteiger partial charge in [-0.25, -0.2) is 4.39 Å². The number of hydrogen-bond donors (Lipinski definition) is 0. The van der Waals surface area contributed by atoms with Crippen LogP contribution in [-0.2, 0) is 0 Å². The highest BCUT2D eigenvalue weighted by Gasteiger charge is 2.26. The van der Waals surface area contributed by atoms with E-state index in [9.17, 15) is 9.65 Å². The van der Waals surface area contributed by atoms with E-state index in [-0.39, 0.29) is 11.9 Å². The summed E-state index contributed by atoms with van der Waals surface area (Å²) in [5.41, 5.74) is 1.53. The number of hydrogen-bond acceptors (Lipinski definition) is 7. The number of methoxy groups -OCH3 is 3. The molecule has 1 aliphatic rings. The van der Waals surface area contributed by atoms with Gasteiger partial charge in [0.25, 0.3) is 0 Å². The molecule has 0 N–H and O–H groups in total. The Morgan fingerprint density at radius 1 is 1.03 bits per heavy atom. The minimum absolute atomic E-state index is 0.215. The number of aromatic nitrogens is 3. The van der Waals surface area contributed by atoms with Crippen molar-refractivity contribution in [3.8, 4) is 34.7 Å². The average Bonchev–Trinajstić information content (AvgIpc) is 3.32. The molecule has 9 heteroatoms. The van der Waals surface area contributed by atoms with E-state index >= 15 is 0 Å². The first-order valence-electron chi connectivity index (χ1n) is 11.4. The van der Waals surface area contributed by atoms with Crippen molar-refractivity contribution >= 4 is 16.7 Å². The zero-order chi connectivity index (χ0) is 24.8. The second-order valence-electron chi connectivity index (χ2n) is 8.13. The first kappa shape index (κ1) is 24.6. The lowest BCUT2D eigenvalue weighted by molar-refractivity contribution is 0.324. The fourth-order valence-electron chi connectivity index (χ4n) is 4.36.